The molecule has 6 heteroatoms. The fraction of sp³-hybridized carbons (Fsp3) is 0.417. The lowest BCUT2D eigenvalue weighted by Crippen LogP contribution is -2.20. The van der Waals surface area contributed by atoms with E-state index in [1.165, 1.54) is 6.07 Å². The first-order chi connectivity index (χ1) is 8.38. The molecule has 0 aliphatic carbocycles. The minimum Gasteiger partial charge on any atom is -0.372 e. The van der Waals surface area contributed by atoms with Crippen LogP contribution in [0.15, 0.2) is 18.2 Å². The van der Waals surface area contributed by atoms with Gasteiger partial charge in [0.05, 0.1) is 5.56 Å². The van der Waals surface area contributed by atoms with E-state index >= 15 is 0 Å². The van der Waals surface area contributed by atoms with Crippen LogP contribution in [0.1, 0.15) is 28.8 Å². The molecule has 1 aliphatic rings. The van der Waals surface area contributed by atoms with Crippen LogP contribution >= 0.6 is 0 Å². The zero-order valence-electron chi connectivity index (χ0n) is 9.63. The van der Waals surface area contributed by atoms with Crippen LogP contribution in [0.4, 0.5) is 18.9 Å². The van der Waals surface area contributed by atoms with Gasteiger partial charge < -0.3 is 10.6 Å². The van der Waals surface area contributed by atoms with Gasteiger partial charge in [-0.3, -0.25) is 4.79 Å². The van der Waals surface area contributed by atoms with Crippen LogP contribution in [0.25, 0.3) is 0 Å². The van der Waals surface area contributed by atoms with Crippen molar-refractivity contribution in [2.45, 2.75) is 19.0 Å². The third-order valence-corrected chi connectivity index (χ3v) is 3.00. The highest BCUT2D eigenvalue weighted by Crippen LogP contribution is 2.33. The molecule has 1 aliphatic heterocycles. The number of carbonyl (C=O) groups is 1. The van der Waals surface area contributed by atoms with Gasteiger partial charge in [-0.1, -0.05) is 0 Å². The minimum absolute atomic E-state index is 0.105. The molecule has 0 radical (unpaired) electrons. The number of nitrogens with zero attached hydrogens (tertiary/aromatic N) is 1. The van der Waals surface area contributed by atoms with Crippen LogP contribution in [0, 0.1) is 0 Å². The minimum atomic E-state index is -4.47. The SMILES string of the molecule is NC(=O)c1cc(N2CCCC2)cc(C(F)(F)F)c1. The van der Waals surface area contributed by atoms with Crippen molar-refractivity contribution in [2.24, 2.45) is 5.73 Å². The van der Waals surface area contributed by atoms with Crippen molar-refractivity contribution in [3.05, 3.63) is 29.3 Å². The van der Waals surface area contributed by atoms with E-state index in [4.69, 9.17) is 5.73 Å². The molecule has 2 rings (SSSR count). The van der Waals surface area contributed by atoms with Crippen LogP contribution in [0.3, 0.4) is 0 Å². The Kier molecular flexibility index (Phi) is 3.19. The highest BCUT2D eigenvalue weighted by atomic mass is 19.4. The third-order valence-electron chi connectivity index (χ3n) is 3.00. The summed E-state index contributed by atoms with van der Waals surface area (Å²) in [6.45, 7) is 1.42. The van der Waals surface area contributed by atoms with Gasteiger partial charge in [0.2, 0.25) is 5.91 Å². The molecule has 0 atom stereocenters. The number of benzene rings is 1. The molecule has 1 fully saturated rings. The summed E-state index contributed by atoms with van der Waals surface area (Å²) in [6, 6.07) is 3.28. The van der Waals surface area contributed by atoms with E-state index in [0.717, 1.165) is 25.0 Å². The first-order valence-electron chi connectivity index (χ1n) is 5.65. The quantitative estimate of drug-likeness (QED) is 0.885. The Morgan fingerprint density at radius 1 is 1.17 bits per heavy atom. The molecule has 1 amide bonds. The van der Waals surface area contributed by atoms with Gasteiger partial charge in [-0.15, -0.1) is 0 Å². The van der Waals surface area contributed by atoms with E-state index in [1.807, 2.05) is 4.90 Å². The molecule has 0 unspecified atom stereocenters. The number of primary amides is 1. The van der Waals surface area contributed by atoms with E-state index < -0.39 is 17.6 Å². The lowest BCUT2D eigenvalue weighted by Gasteiger charge is -2.20. The standard InChI is InChI=1S/C12H13F3N2O/c13-12(14,15)9-5-8(11(16)18)6-10(7-9)17-3-1-2-4-17/h5-7H,1-4H2,(H2,16,18). The van der Waals surface area contributed by atoms with Crippen molar-refractivity contribution >= 4 is 11.6 Å². The van der Waals surface area contributed by atoms with Crippen molar-refractivity contribution in [1.82, 2.24) is 0 Å². The van der Waals surface area contributed by atoms with E-state index in [2.05, 4.69) is 0 Å². The lowest BCUT2D eigenvalue weighted by atomic mass is 10.1. The van der Waals surface area contributed by atoms with Crippen molar-refractivity contribution < 1.29 is 18.0 Å². The fourth-order valence-electron chi connectivity index (χ4n) is 2.08. The second-order valence-electron chi connectivity index (χ2n) is 4.32. The predicted molar refractivity (Wildman–Crippen MR) is 61.4 cm³/mol. The van der Waals surface area contributed by atoms with Crippen LogP contribution in [-0.4, -0.2) is 19.0 Å². The number of amides is 1. The Morgan fingerprint density at radius 2 is 1.78 bits per heavy atom. The number of halogens is 3. The maximum Gasteiger partial charge on any atom is 0.416 e. The topological polar surface area (TPSA) is 46.3 Å². The fourth-order valence-corrected chi connectivity index (χ4v) is 2.08. The molecule has 0 saturated carbocycles. The second-order valence-corrected chi connectivity index (χ2v) is 4.32. The van der Waals surface area contributed by atoms with E-state index in [-0.39, 0.29) is 5.56 Å². The molecule has 1 aromatic rings. The van der Waals surface area contributed by atoms with Gasteiger partial charge in [0, 0.05) is 24.3 Å². The first kappa shape index (κ1) is 12.7. The maximum atomic E-state index is 12.7. The monoisotopic (exact) mass is 258 g/mol. The van der Waals surface area contributed by atoms with Crippen molar-refractivity contribution in [1.29, 1.82) is 0 Å². The van der Waals surface area contributed by atoms with Crippen LogP contribution in [0.2, 0.25) is 0 Å². The number of carbonyl (C=O) groups excluding carboxylic acids is 1. The van der Waals surface area contributed by atoms with Gasteiger partial charge in [-0.25, -0.2) is 0 Å². The summed E-state index contributed by atoms with van der Waals surface area (Å²) in [5, 5.41) is 0. The zero-order valence-corrected chi connectivity index (χ0v) is 9.63. The number of nitrogens with two attached hydrogens (primary N) is 1. The molecule has 1 saturated heterocycles. The largest absolute Gasteiger partial charge is 0.416 e. The molecule has 98 valence electrons. The van der Waals surface area contributed by atoms with Gasteiger partial charge in [0.15, 0.2) is 0 Å². The average Bonchev–Trinajstić information content (AvgIpc) is 2.80. The molecular weight excluding hydrogens is 245 g/mol. The highest BCUT2D eigenvalue weighted by molar-refractivity contribution is 5.94. The Bertz CT molecular complexity index is 465. The molecule has 0 bridgehead atoms. The number of hydrogen-bond donors (Lipinski definition) is 1. The maximum absolute atomic E-state index is 12.7. The first-order valence-corrected chi connectivity index (χ1v) is 5.65. The molecule has 0 aromatic heterocycles. The van der Waals surface area contributed by atoms with Crippen molar-refractivity contribution in [3.8, 4) is 0 Å². The summed E-state index contributed by atoms with van der Waals surface area (Å²) in [7, 11) is 0. The smallest absolute Gasteiger partial charge is 0.372 e. The normalized spacial score (nSPS) is 16.1. The Hall–Kier alpha value is -1.72. The summed E-state index contributed by atoms with van der Waals surface area (Å²) >= 11 is 0. The average molecular weight is 258 g/mol. The van der Waals surface area contributed by atoms with Gasteiger partial charge in [0.1, 0.15) is 0 Å². The summed E-state index contributed by atoms with van der Waals surface area (Å²) in [5.74, 6) is -0.846. The van der Waals surface area contributed by atoms with E-state index in [1.54, 1.807) is 0 Å². The van der Waals surface area contributed by atoms with Crippen molar-refractivity contribution in [2.75, 3.05) is 18.0 Å². The second kappa shape index (κ2) is 4.51. The Morgan fingerprint density at radius 3 is 2.28 bits per heavy atom. The molecule has 0 spiro atoms. The van der Waals surface area contributed by atoms with Gasteiger partial charge in [-0.05, 0) is 31.0 Å². The molecule has 1 aromatic carbocycles. The Labute approximate surface area is 102 Å². The Balaban J connectivity index is 2.45. The van der Waals surface area contributed by atoms with E-state index in [0.29, 0.717) is 18.8 Å². The third kappa shape index (κ3) is 2.57. The molecule has 2 N–H and O–H groups in total. The predicted octanol–water partition coefficient (Wildman–Crippen LogP) is 2.40. The van der Waals surface area contributed by atoms with Gasteiger partial charge in [0.25, 0.3) is 0 Å². The van der Waals surface area contributed by atoms with Gasteiger partial charge in [-0.2, -0.15) is 13.2 Å². The van der Waals surface area contributed by atoms with E-state index in [9.17, 15) is 18.0 Å². The number of rotatable bonds is 2. The summed E-state index contributed by atoms with van der Waals surface area (Å²) in [6.07, 6.45) is -2.58. The van der Waals surface area contributed by atoms with Crippen LogP contribution in [-0.2, 0) is 6.18 Å². The van der Waals surface area contributed by atoms with Crippen molar-refractivity contribution in [3.63, 3.8) is 0 Å². The van der Waals surface area contributed by atoms with Crippen LogP contribution < -0.4 is 10.6 Å². The van der Waals surface area contributed by atoms with Gasteiger partial charge >= 0.3 is 6.18 Å². The summed E-state index contributed by atoms with van der Waals surface area (Å²) in [5.41, 5.74) is 4.54. The lowest BCUT2D eigenvalue weighted by molar-refractivity contribution is -0.137. The highest BCUT2D eigenvalue weighted by Gasteiger charge is 2.32. The van der Waals surface area contributed by atoms with Crippen LogP contribution in [0.5, 0.6) is 0 Å². The molecular formula is C12H13F3N2O. The molecule has 18 heavy (non-hydrogen) atoms. The number of alkyl halides is 3. The molecule has 1 heterocycles. The number of hydrogen-bond acceptors (Lipinski definition) is 2. The molecule has 3 nitrogen and oxygen atoms in total. The summed E-state index contributed by atoms with van der Waals surface area (Å²) < 4.78 is 38.2. The zero-order chi connectivity index (χ0) is 13.3. The summed E-state index contributed by atoms with van der Waals surface area (Å²) in [4.78, 5) is 12.9. The number of anilines is 1.